The van der Waals surface area contributed by atoms with E-state index in [1.807, 2.05) is 0 Å². The van der Waals surface area contributed by atoms with Crippen molar-refractivity contribution >= 4 is 35.1 Å². The molecule has 130 valence electrons. The summed E-state index contributed by atoms with van der Waals surface area (Å²) in [6.07, 6.45) is 1.13. The highest BCUT2D eigenvalue weighted by molar-refractivity contribution is 9.10. The molecule has 3 rings (SSSR count). The van der Waals surface area contributed by atoms with Crippen LogP contribution in [-0.4, -0.2) is 27.3 Å². The van der Waals surface area contributed by atoms with Crippen molar-refractivity contribution in [2.24, 2.45) is 5.92 Å². The van der Waals surface area contributed by atoms with E-state index in [9.17, 15) is 17.6 Å². The maximum atomic E-state index is 13.9. The van der Waals surface area contributed by atoms with Crippen molar-refractivity contribution in [1.29, 1.82) is 0 Å². The van der Waals surface area contributed by atoms with Crippen LogP contribution in [0.1, 0.15) is 12.0 Å². The second-order valence-corrected chi connectivity index (χ2v) is 7.50. The smallest absolute Gasteiger partial charge is 0.340 e. The number of hydrogen-bond donors (Lipinski definition) is 2. The van der Waals surface area contributed by atoms with Crippen LogP contribution in [0.5, 0.6) is 5.88 Å². The Hall–Kier alpha value is -1.02. The minimum atomic E-state index is -3.82. The van der Waals surface area contributed by atoms with Gasteiger partial charge in [-0.15, -0.1) is 0 Å². The highest BCUT2D eigenvalue weighted by Gasteiger charge is 2.57. The van der Waals surface area contributed by atoms with Crippen LogP contribution in [0, 0.1) is 5.92 Å². The fraction of sp³-hybridized carbons (Fsp3) is 0.357. The van der Waals surface area contributed by atoms with Crippen LogP contribution >= 0.6 is 24.3 Å². The Morgan fingerprint density at radius 3 is 2.54 bits per heavy atom. The predicted octanol–water partition coefficient (Wildman–Crippen LogP) is 4.38. The second-order valence-electron chi connectivity index (χ2n) is 5.51. The van der Waals surface area contributed by atoms with Gasteiger partial charge in [0.25, 0.3) is 5.92 Å². The van der Waals surface area contributed by atoms with E-state index in [0.29, 0.717) is 10.8 Å². The summed E-state index contributed by atoms with van der Waals surface area (Å²) in [7, 11) is -3.51. The molecule has 1 aromatic carbocycles. The van der Waals surface area contributed by atoms with Crippen LogP contribution in [0.4, 0.5) is 17.6 Å². The Morgan fingerprint density at radius 2 is 1.96 bits per heavy atom. The van der Waals surface area contributed by atoms with Crippen LogP contribution in [0.15, 0.2) is 28.9 Å². The summed E-state index contributed by atoms with van der Waals surface area (Å²) in [5, 5.41) is 0.822. The summed E-state index contributed by atoms with van der Waals surface area (Å²) in [6.45, 7) is -0.205. The molecular weight excluding hydrogens is 417 g/mol. The Balaban J connectivity index is 1.89. The van der Waals surface area contributed by atoms with Gasteiger partial charge in [-0.2, -0.15) is 8.78 Å². The molecule has 1 heterocycles. The molecule has 4 nitrogen and oxygen atoms in total. The van der Waals surface area contributed by atoms with Crippen molar-refractivity contribution in [3.8, 4) is 5.88 Å². The number of hydrogen-bond acceptors (Lipinski definition) is 4. The lowest BCUT2D eigenvalue weighted by molar-refractivity contribution is 0.0726. The van der Waals surface area contributed by atoms with Gasteiger partial charge in [0.05, 0.1) is 12.5 Å². The van der Waals surface area contributed by atoms with Gasteiger partial charge in [-0.1, -0.05) is 15.9 Å². The zero-order valence-electron chi connectivity index (χ0n) is 11.9. The first-order chi connectivity index (χ1) is 11.1. The summed E-state index contributed by atoms with van der Waals surface area (Å²) in [5.41, 5.74) is -4.40. The van der Waals surface area contributed by atoms with Crippen molar-refractivity contribution in [1.82, 2.24) is 4.98 Å². The van der Waals surface area contributed by atoms with Crippen molar-refractivity contribution in [3.63, 3.8) is 0 Å². The Bertz CT molecular complexity index is 790. The van der Waals surface area contributed by atoms with Crippen LogP contribution in [0.2, 0.25) is 0 Å². The number of benzene rings is 1. The minimum absolute atomic E-state index is 0.00342. The molecule has 0 aliphatic heterocycles. The molecule has 24 heavy (non-hydrogen) atoms. The maximum Gasteiger partial charge on any atom is 0.340 e. The molecule has 1 unspecified atom stereocenters. The average molecular weight is 428 g/mol. The Kier molecular flexibility index (Phi) is 4.49. The molecule has 0 saturated heterocycles. The van der Waals surface area contributed by atoms with Gasteiger partial charge in [0, 0.05) is 34.1 Å². The largest absolute Gasteiger partial charge is 0.477 e. The van der Waals surface area contributed by atoms with E-state index in [2.05, 4.69) is 20.9 Å². The molecule has 0 spiro atoms. The third kappa shape index (κ3) is 3.35. The monoisotopic (exact) mass is 427 g/mol. The number of nitrogens with zero attached hydrogens (tertiary/aromatic N) is 1. The van der Waals surface area contributed by atoms with Gasteiger partial charge in [0.2, 0.25) is 14.3 Å². The lowest BCUT2D eigenvalue weighted by Crippen LogP contribution is -2.11. The third-order valence-electron chi connectivity index (χ3n) is 3.75. The molecule has 1 aliphatic carbocycles. The number of fused-ring (bicyclic) bond motifs is 1. The lowest BCUT2D eigenvalue weighted by atomic mass is 10.1. The number of rotatable bonds is 5. The third-order valence-corrected chi connectivity index (χ3v) is 5.15. The first-order valence-electron chi connectivity index (χ1n) is 6.77. The molecule has 0 bridgehead atoms. The van der Waals surface area contributed by atoms with Crippen molar-refractivity contribution in [3.05, 3.63) is 34.4 Å². The number of halogens is 5. The standard InChI is InChI=1S/C14H11BrF4NO3P/c15-11-2-8-5-20-12(23-6-9-4-13(9,16)17)3-7(8)1-10(11)14(18,19)24(21)22/h1-3,5,9,21-22H,4,6H2. The average Bonchev–Trinajstić information content (AvgIpc) is 3.11. The molecular formula is C14H11BrF4NO3P. The summed E-state index contributed by atoms with van der Waals surface area (Å²) in [4.78, 5) is 21.8. The van der Waals surface area contributed by atoms with E-state index in [1.165, 1.54) is 18.3 Å². The highest BCUT2D eigenvalue weighted by Crippen LogP contribution is 2.54. The fourth-order valence-corrected chi connectivity index (χ4v) is 3.36. The summed E-state index contributed by atoms with van der Waals surface area (Å²) in [6, 6.07) is 3.80. The van der Waals surface area contributed by atoms with E-state index in [4.69, 9.17) is 14.5 Å². The van der Waals surface area contributed by atoms with E-state index < -0.39 is 31.4 Å². The first-order valence-corrected chi connectivity index (χ1v) is 8.81. The molecule has 0 radical (unpaired) electrons. The van der Waals surface area contributed by atoms with Gasteiger partial charge >= 0.3 is 5.66 Å². The van der Waals surface area contributed by atoms with E-state index >= 15 is 0 Å². The van der Waals surface area contributed by atoms with Gasteiger partial charge in [-0.25, -0.2) is 13.8 Å². The van der Waals surface area contributed by atoms with Crippen molar-refractivity contribution in [2.45, 2.75) is 18.0 Å². The summed E-state index contributed by atoms with van der Waals surface area (Å²) in [5.74, 6) is -3.53. The normalized spacial score (nSPS) is 19.8. The predicted molar refractivity (Wildman–Crippen MR) is 83.2 cm³/mol. The van der Waals surface area contributed by atoms with Gasteiger partial charge in [-0.05, 0) is 17.5 Å². The van der Waals surface area contributed by atoms with Gasteiger partial charge in [0.15, 0.2) is 0 Å². The topological polar surface area (TPSA) is 62.6 Å². The highest BCUT2D eigenvalue weighted by atomic mass is 79.9. The van der Waals surface area contributed by atoms with E-state index in [-0.39, 0.29) is 23.4 Å². The quantitative estimate of drug-likeness (QED) is 0.549. The van der Waals surface area contributed by atoms with E-state index in [1.54, 1.807) is 0 Å². The van der Waals surface area contributed by atoms with Crippen LogP contribution in [0.3, 0.4) is 0 Å². The van der Waals surface area contributed by atoms with Gasteiger partial charge < -0.3 is 14.5 Å². The molecule has 2 N–H and O–H groups in total. The molecule has 1 atom stereocenters. The zero-order chi connectivity index (χ0) is 17.7. The van der Waals surface area contributed by atoms with Gasteiger partial charge in [-0.3, -0.25) is 0 Å². The van der Waals surface area contributed by atoms with Crippen LogP contribution in [0.25, 0.3) is 10.8 Å². The molecule has 1 aromatic heterocycles. The Morgan fingerprint density at radius 1 is 1.29 bits per heavy atom. The fourth-order valence-electron chi connectivity index (χ4n) is 2.20. The van der Waals surface area contributed by atoms with Crippen molar-refractivity contribution < 1.29 is 32.1 Å². The number of aromatic nitrogens is 1. The molecule has 10 heteroatoms. The number of ether oxygens (including phenoxy) is 1. The first kappa shape index (κ1) is 17.8. The van der Waals surface area contributed by atoms with Crippen molar-refractivity contribution in [2.75, 3.05) is 6.61 Å². The molecule has 2 aromatic rings. The van der Waals surface area contributed by atoms with Crippen LogP contribution in [-0.2, 0) is 5.66 Å². The molecule has 0 amide bonds. The van der Waals surface area contributed by atoms with Gasteiger partial charge in [0.1, 0.15) is 0 Å². The number of alkyl halides is 4. The Labute approximate surface area is 143 Å². The summed E-state index contributed by atoms with van der Waals surface area (Å²) >= 11 is 2.98. The molecule has 1 aliphatic rings. The van der Waals surface area contributed by atoms with Crippen LogP contribution < -0.4 is 4.74 Å². The summed E-state index contributed by atoms with van der Waals surface area (Å²) < 4.78 is 58.6. The lowest BCUT2D eigenvalue weighted by Gasteiger charge is -2.19. The SMILES string of the molecule is OP(O)C(F)(F)c1cc2cc(OCC3CC3(F)F)ncc2cc1Br. The minimum Gasteiger partial charge on any atom is -0.477 e. The zero-order valence-corrected chi connectivity index (χ0v) is 14.4. The molecule has 1 saturated carbocycles. The second kappa shape index (κ2) is 6.05. The molecule has 1 fully saturated rings. The maximum absolute atomic E-state index is 13.9. The number of pyridine rings is 1. The van der Waals surface area contributed by atoms with E-state index in [0.717, 1.165) is 6.07 Å².